The molecule has 0 bridgehead atoms. The van der Waals surface area contributed by atoms with E-state index >= 15 is 0 Å². The summed E-state index contributed by atoms with van der Waals surface area (Å²) in [6, 6.07) is 0. The van der Waals surface area contributed by atoms with Gasteiger partial charge in [-0.3, -0.25) is 0 Å². The van der Waals surface area contributed by atoms with Crippen molar-refractivity contribution in [3.63, 3.8) is 0 Å². The van der Waals surface area contributed by atoms with Crippen LogP contribution in [0.2, 0.25) is 0 Å². The molecule has 0 fully saturated rings. The molecule has 0 aromatic heterocycles. The van der Waals surface area contributed by atoms with Crippen LogP contribution < -0.4 is 0 Å². The summed E-state index contributed by atoms with van der Waals surface area (Å²) in [5.41, 5.74) is 1.09. The third kappa shape index (κ3) is 4.34. The van der Waals surface area contributed by atoms with Crippen LogP contribution in [0.1, 0.15) is 12.8 Å². The van der Waals surface area contributed by atoms with Gasteiger partial charge in [0.25, 0.3) is 0 Å². The maximum Gasteiger partial charge on any atom is -0.0329 e. The van der Waals surface area contributed by atoms with Crippen LogP contribution in [0.25, 0.3) is 0 Å². The first kappa shape index (κ1) is 12.4. The van der Waals surface area contributed by atoms with Crippen molar-refractivity contribution >= 4 is 0 Å². The first-order valence-electron chi connectivity index (χ1n) is 5.87. The zero-order valence-corrected chi connectivity index (χ0v) is 11.5. The van der Waals surface area contributed by atoms with Gasteiger partial charge in [0.05, 0.1) is 0 Å². The quantitative estimate of drug-likeness (QED) is 0.641. The van der Waals surface area contributed by atoms with Crippen LogP contribution in [0, 0.1) is 0 Å². The maximum absolute atomic E-state index is 3.68. The minimum atomic E-state index is 0.0833. The summed E-state index contributed by atoms with van der Waals surface area (Å²) in [6.07, 6.45) is 23.8. The third-order valence-electron chi connectivity index (χ3n) is 2.60. The molecule has 0 aromatic rings. The maximum atomic E-state index is 3.68. The summed E-state index contributed by atoms with van der Waals surface area (Å²) in [5.74, 6) is 0. The smallest absolute Gasteiger partial charge is 0.0329 e. The Bertz CT molecular complexity index is 426. The molecule has 0 saturated heterocycles. The average molecular weight is 256 g/mol. The molecule has 1 heteroatoms. The minimum Gasteiger partial charge on any atom is -0.0918 e. The summed E-state index contributed by atoms with van der Waals surface area (Å²) in [5, 5.41) is 0. The standard InChI is InChI=1S/C6H6.2C5H5.Ti/c1-6-4-2-3-5-6;2*1-2-4-5-3-1;/h2-5H,1H2;2*1-3H,4H2;. The molecule has 3 aliphatic carbocycles. The molecule has 3 aliphatic rings. The third-order valence-corrected chi connectivity index (χ3v) is 4.76. The molecule has 0 amide bonds. The van der Waals surface area contributed by atoms with Gasteiger partial charge in [-0.15, -0.1) is 0 Å². The zero-order valence-electron chi connectivity index (χ0n) is 9.89. The van der Waals surface area contributed by atoms with Crippen molar-refractivity contribution in [3.8, 4) is 0 Å². The molecule has 17 heavy (non-hydrogen) atoms. The van der Waals surface area contributed by atoms with E-state index in [-0.39, 0.29) is 19.2 Å². The predicted octanol–water partition coefficient (Wildman–Crippen LogP) is 4.43. The number of hydrogen-bond acceptors (Lipinski definition) is 0. The van der Waals surface area contributed by atoms with Crippen molar-refractivity contribution in [2.24, 2.45) is 0 Å². The molecule has 0 aromatic carbocycles. The van der Waals surface area contributed by atoms with Crippen LogP contribution in [0.15, 0.2) is 80.7 Å². The molecule has 0 nitrogen and oxygen atoms in total. The van der Waals surface area contributed by atoms with E-state index in [4.69, 9.17) is 0 Å². The van der Waals surface area contributed by atoms with Gasteiger partial charge in [-0.2, -0.15) is 0 Å². The van der Waals surface area contributed by atoms with Gasteiger partial charge in [0.15, 0.2) is 0 Å². The molecule has 84 valence electrons. The summed E-state index contributed by atoms with van der Waals surface area (Å²) in [7, 11) is 0. The number of rotatable bonds is 2. The molecule has 0 unspecified atom stereocenters. The fourth-order valence-electron chi connectivity index (χ4n) is 1.70. The topological polar surface area (TPSA) is 0 Å². The van der Waals surface area contributed by atoms with Gasteiger partial charge in [0, 0.05) is 0 Å². The van der Waals surface area contributed by atoms with Gasteiger partial charge in [0.1, 0.15) is 0 Å². The van der Waals surface area contributed by atoms with Crippen LogP contribution in [0.4, 0.5) is 0 Å². The number of allylic oxidation sites excluding steroid dienone is 13. The second kappa shape index (κ2) is 6.59. The van der Waals surface area contributed by atoms with E-state index in [1.807, 2.05) is 24.3 Å². The molecule has 0 aliphatic heterocycles. The van der Waals surface area contributed by atoms with E-state index in [1.165, 1.54) is 12.8 Å². The first-order valence-corrected chi connectivity index (χ1v) is 7.43. The van der Waals surface area contributed by atoms with Gasteiger partial charge in [0.2, 0.25) is 0 Å². The van der Waals surface area contributed by atoms with Crippen LogP contribution in [-0.2, 0) is 19.2 Å². The van der Waals surface area contributed by atoms with E-state index in [1.54, 1.807) is 7.76 Å². The molecule has 0 N–H and O–H groups in total. The SMILES string of the molecule is C1=CC[C]([Ti][C]2=CC=CC2)=C1.C=C1C=CC=C1. The van der Waals surface area contributed by atoms with E-state index < -0.39 is 0 Å². The predicted molar refractivity (Wildman–Crippen MR) is 71.1 cm³/mol. The normalized spacial score (nSPS) is 19.2. The van der Waals surface area contributed by atoms with E-state index in [0.717, 1.165) is 5.57 Å². The van der Waals surface area contributed by atoms with Crippen molar-refractivity contribution in [3.05, 3.63) is 80.7 Å². The summed E-state index contributed by atoms with van der Waals surface area (Å²) < 4.78 is 3.36. The molecular formula is C16H16Ti. The van der Waals surface area contributed by atoms with Gasteiger partial charge in [-0.05, 0) is 5.57 Å². The molecular weight excluding hydrogens is 240 g/mol. The Morgan fingerprint density at radius 1 is 0.824 bits per heavy atom. The fourth-order valence-corrected chi connectivity index (χ4v) is 3.59. The second-order valence-corrected chi connectivity index (χ2v) is 6.46. The van der Waals surface area contributed by atoms with Gasteiger partial charge >= 0.3 is 76.2 Å². The summed E-state index contributed by atoms with van der Waals surface area (Å²) in [6.45, 7) is 3.68. The monoisotopic (exact) mass is 256 g/mol. The van der Waals surface area contributed by atoms with Crippen molar-refractivity contribution in [1.82, 2.24) is 0 Å². The molecule has 0 spiro atoms. The Kier molecular flexibility index (Phi) is 4.79. The van der Waals surface area contributed by atoms with Crippen molar-refractivity contribution in [2.75, 3.05) is 0 Å². The van der Waals surface area contributed by atoms with E-state index in [2.05, 4.69) is 43.0 Å². The Hall–Kier alpha value is -1.11. The van der Waals surface area contributed by atoms with Crippen molar-refractivity contribution in [1.29, 1.82) is 0 Å². The van der Waals surface area contributed by atoms with Crippen LogP contribution in [0.5, 0.6) is 0 Å². The van der Waals surface area contributed by atoms with Crippen molar-refractivity contribution in [2.45, 2.75) is 12.8 Å². The summed E-state index contributed by atoms with van der Waals surface area (Å²) in [4.78, 5) is 0. The molecule has 0 saturated carbocycles. The summed E-state index contributed by atoms with van der Waals surface area (Å²) >= 11 is 0.0833. The van der Waals surface area contributed by atoms with Crippen LogP contribution in [-0.4, -0.2) is 0 Å². The van der Waals surface area contributed by atoms with Gasteiger partial charge in [-0.1, -0.05) is 30.9 Å². The zero-order chi connectivity index (χ0) is 11.9. The molecule has 0 radical (unpaired) electrons. The second-order valence-electron chi connectivity index (χ2n) is 4.07. The fraction of sp³-hybridized carbons (Fsp3) is 0.125. The molecule has 0 atom stereocenters. The minimum absolute atomic E-state index is 0.0833. The van der Waals surface area contributed by atoms with Gasteiger partial charge < -0.3 is 0 Å². The molecule has 0 heterocycles. The van der Waals surface area contributed by atoms with Crippen LogP contribution >= 0.6 is 0 Å². The average Bonchev–Trinajstić information content (AvgIpc) is 3.02. The Morgan fingerprint density at radius 2 is 1.35 bits per heavy atom. The first-order chi connectivity index (χ1) is 8.34. The van der Waals surface area contributed by atoms with Gasteiger partial charge in [-0.25, -0.2) is 0 Å². The molecule has 3 rings (SSSR count). The van der Waals surface area contributed by atoms with Crippen LogP contribution in [0.3, 0.4) is 0 Å². The van der Waals surface area contributed by atoms with E-state index in [0.29, 0.717) is 0 Å². The Morgan fingerprint density at radius 3 is 1.65 bits per heavy atom. The van der Waals surface area contributed by atoms with Crippen molar-refractivity contribution < 1.29 is 19.2 Å². The van der Waals surface area contributed by atoms with E-state index in [9.17, 15) is 0 Å². The Labute approximate surface area is 112 Å². The Balaban J connectivity index is 0.000000153. The number of hydrogen-bond donors (Lipinski definition) is 0. The largest absolute Gasteiger partial charge is 0.0918 e.